The van der Waals surface area contributed by atoms with Crippen LogP contribution in [0.5, 0.6) is 0 Å². The summed E-state index contributed by atoms with van der Waals surface area (Å²) < 4.78 is 49.2. The Hall–Kier alpha value is -4.24. The van der Waals surface area contributed by atoms with Crippen molar-refractivity contribution in [2.45, 2.75) is 18.7 Å². The van der Waals surface area contributed by atoms with Crippen LogP contribution in [0, 0.1) is 17.6 Å². The summed E-state index contributed by atoms with van der Waals surface area (Å²) in [5.41, 5.74) is 1.00. The summed E-state index contributed by atoms with van der Waals surface area (Å²) in [6, 6.07) is 7.02. The number of hydrogen-bond donors (Lipinski definition) is 5. The van der Waals surface area contributed by atoms with Crippen molar-refractivity contribution >= 4 is 46.9 Å². The number of carbonyl (C=O) groups is 1. The van der Waals surface area contributed by atoms with Crippen molar-refractivity contribution in [1.29, 1.82) is 0 Å². The second kappa shape index (κ2) is 10.9. The molecule has 0 aliphatic carbocycles. The summed E-state index contributed by atoms with van der Waals surface area (Å²) in [5.74, 6) is -3.49. The van der Waals surface area contributed by atoms with E-state index in [0.29, 0.717) is 34.8 Å². The van der Waals surface area contributed by atoms with Crippen LogP contribution in [-0.2, 0) is 9.09 Å². The Balaban J connectivity index is 1.55. The molecule has 7 rings (SSSR count). The summed E-state index contributed by atoms with van der Waals surface area (Å²) in [6.45, 7) is 2.18. The van der Waals surface area contributed by atoms with E-state index in [9.17, 15) is 29.0 Å². The van der Waals surface area contributed by atoms with E-state index in [2.05, 4.69) is 25.1 Å². The maximum Gasteiger partial charge on any atom is 0.471 e. The molecule has 5 aromatic rings. The number of halogens is 2. The lowest BCUT2D eigenvalue weighted by molar-refractivity contribution is 0.0694. The van der Waals surface area contributed by atoms with Crippen LogP contribution in [0.4, 0.5) is 14.5 Å². The molecule has 1 aromatic carbocycles. The number of likely N-dealkylation sites (N-methyl/N-ethyl adjacent to an activating group) is 1. The number of likely N-dealkylation sites (tertiary alicyclic amines) is 1. The second-order valence-electron chi connectivity index (χ2n) is 11.7. The molecule has 2 aliphatic rings. The largest absolute Gasteiger partial charge is 0.477 e. The molecule has 0 radical (unpaired) electrons. The predicted octanol–water partition coefficient (Wildman–Crippen LogP) is 3.44. The Morgan fingerprint density at radius 1 is 1.20 bits per heavy atom. The zero-order valence-corrected chi connectivity index (χ0v) is 25.5. The molecule has 16 heteroatoms. The van der Waals surface area contributed by atoms with Gasteiger partial charge in [0.05, 0.1) is 22.0 Å². The fraction of sp³-hybridized carbons (Fsp3) is 0.300. The minimum Gasteiger partial charge on any atom is -0.477 e. The number of benzene rings is 1. The first-order chi connectivity index (χ1) is 21.9. The number of phosphoric ester groups is 1. The first-order valence-corrected chi connectivity index (χ1v) is 16.0. The molecule has 2 aliphatic heterocycles. The van der Waals surface area contributed by atoms with Crippen molar-refractivity contribution in [2.75, 3.05) is 38.6 Å². The third kappa shape index (κ3) is 4.87. The smallest absolute Gasteiger partial charge is 0.471 e. The molecule has 6 heterocycles. The third-order valence-corrected chi connectivity index (χ3v) is 9.48. The van der Waals surface area contributed by atoms with Crippen LogP contribution >= 0.6 is 7.82 Å². The molecule has 13 nitrogen and oxygen atoms in total. The first-order valence-electron chi connectivity index (χ1n) is 14.4. The quantitative estimate of drug-likeness (QED) is 0.129. The Bertz CT molecular complexity index is 2180. The van der Waals surface area contributed by atoms with E-state index in [-0.39, 0.29) is 33.5 Å². The Morgan fingerprint density at radius 3 is 2.67 bits per heavy atom. The number of carboxylic acid groups (broad SMARTS) is 1. The highest BCUT2D eigenvalue weighted by Crippen LogP contribution is 2.48. The number of pyridine rings is 3. The molecular formula is C30H29F2N6O7P. The average molecular weight is 655 g/mol. The Kier molecular flexibility index (Phi) is 7.23. The normalized spacial score (nSPS) is 19.5. The molecule has 240 valence electrons. The van der Waals surface area contributed by atoms with Gasteiger partial charge in [0.15, 0.2) is 11.6 Å². The van der Waals surface area contributed by atoms with Crippen LogP contribution in [0.2, 0.25) is 0 Å². The van der Waals surface area contributed by atoms with Gasteiger partial charge < -0.3 is 29.7 Å². The molecule has 0 bridgehead atoms. The average Bonchev–Trinajstić information content (AvgIpc) is 3.69. The SMILES string of the molecule is CNC(OP(=O)(O)O)c1cc(F)c(F)c2c1[nH]c1ncc(-c3ccc4ccc(C(=O)O)c(=O)n4c3)c(N3CC[C@H]4CN(C)C[C@H]43)c12. The number of aromatic carboxylic acids is 1. The number of nitrogens with zero attached hydrogens (tertiary/aromatic N) is 4. The van der Waals surface area contributed by atoms with E-state index in [1.54, 1.807) is 18.3 Å². The lowest BCUT2D eigenvalue weighted by atomic mass is 9.99. The van der Waals surface area contributed by atoms with E-state index in [1.165, 1.54) is 29.8 Å². The number of aromatic nitrogens is 3. The Morgan fingerprint density at radius 2 is 1.96 bits per heavy atom. The number of H-pyrrole nitrogens is 1. The van der Waals surface area contributed by atoms with Crippen molar-refractivity contribution < 1.29 is 37.6 Å². The molecule has 3 atom stereocenters. The van der Waals surface area contributed by atoms with E-state index in [4.69, 9.17) is 4.52 Å². The maximum absolute atomic E-state index is 16.0. The van der Waals surface area contributed by atoms with Crippen molar-refractivity contribution in [2.24, 2.45) is 5.92 Å². The molecule has 46 heavy (non-hydrogen) atoms. The summed E-state index contributed by atoms with van der Waals surface area (Å²) in [4.78, 5) is 55.8. The zero-order chi connectivity index (χ0) is 32.7. The maximum atomic E-state index is 16.0. The van der Waals surface area contributed by atoms with Crippen LogP contribution in [0.15, 0.2) is 47.5 Å². The van der Waals surface area contributed by atoms with Gasteiger partial charge in [-0.25, -0.2) is 23.1 Å². The van der Waals surface area contributed by atoms with E-state index in [1.807, 2.05) is 7.05 Å². The van der Waals surface area contributed by atoms with Crippen molar-refractivity contribution in [3.8, 4) is 11.1 Å². The van der Waals surface area contributed by atoms with Gasteiger partial charge in [-0.2, -0.15) is 0 Å². The monoisotopic (exact) mass is 654 g/mol. The predicted molar refractivity (Wildman–Crippen MR) is 165 cm³/mol. The molecule has 1 unspecified atom stereocenters. The van der Waals surface area contributed by atoms with Gasteiger partial charge in [-0.15, -0.1) is 0 Å². The molecule has 0 spiro atoms. The van der Waals surface area contributed by atoms with E-state index < -0.39 is 42.8 Å². The summed E-state index contributed by atoms with van der Waals surface area (Å²) in [5, 5.41) is 12.2. The van der Waals surface area contributed by atoms with Crippen molar-refractivity contribution in [3.63, 3.8) is 0 Å². The van der Waals surface area contributed by atoms with Crippen LogP contribution in [0.3, 0.4) is 0 Å². The lowest BCUT2D eigenvalue weighted by Gasteiger charge is -2.29. The number of nitrogens with one attached hydrogen (secondary N) is 2. The van der Waals surface area contributed by atoms with Gasteiger partial charge in [-0.3, -0.25) is 19.0 Å². The van der Waals surface area contributed by atoms with Crippen LogP contribution in [0.1, 0.15) is 28.6 Å². The third-order valence-electron chi connectivity index (χ3n) is 8.99. The first kappa shape index (κ1) is 30.4. The molecule has 0 saturated carbocycles. The lowest BCUT2D eigenvalue weighted by Crippen LogP contribution is -2.35. The number of rotatable bonds is 7. The van der Waals surface area contributed by atoms with Crippen LogP contribution in [0.25, 0.3) is 38.6 Å². The van der Waals surface area contributed by atoms with Gasteiger partial charge in [0.1, 0.15) is 17.4 Å². The fourth-order valence-electron chi connectivity index (χ4n) is 7.05. The van der Waals surface area contributed by atoms with Crippen molar-refractivity contribution in [1.82, 2.24) is 24.6 Å². The van der Waals surface area contributed by atoms with Crippen LogP contribution in [-0.4, -0.2) is 79.9 Å². The number of aromatic amines is 1. The van der Waals surface area contributed by atoms with Gasteiger partial charge in [0, 0.05) is 60.3 Å². The molecular weight excluding hydrogens is 625 g/mol. The van der Waals surface area contributed by atoms with Crippen molar-refractivity contribution in [3.05, 3.63) is 75.8 Å². The molecule has 2 saturated heterocycles. The van der Waals surface area contributed by atoms with Gasteiger partial charge in [0.2, 0.25) is 0 Å². The number of hydrogen-bond acceptors (Lipinski definition) is 8. The van der Waals surface area contributed by atoms with Crippen LogP contribution < -0.4 is 15.8 Å². The summed E-state index contributed by atoms with van der Waals surface area (Å²) in [6.07, 6.45) is 2.40. The Labute approximate surface area is 259 Å². The standard InChI is InChI=1S/C30H29F2N6O7P/c1-33-28(45-46(42,43)44)18-9-20(31)24(32)22-23-26(37-8-7-15-11-36(2)13-21(15)37)19(10-34-27(23)35-25(18)22)14-3-4-16-5-6-17(30(40)41)29(39)38(16)12-14/h3-6,9-10,12,15,21,28,33H,7-8,11,13H2,1-2H3,(H,34,35)(H,40,41)(H2,42,43,44)/t15-,21+,28?/m0/s1. The molecule has 4 aromatic heterocycles. The highest BCUT2D eigenvalue weighted by Gasteiger charge is 2.42. The molecule has 0 amide bonds. The highest BCUT2D eigenvalue weighted by atomic mass is 31.2. The molecule has 5 N–H and O–H groups in total. The number of carboxylic acids is 1. The van der Waals surface area contributed by atoms with Gasteiger partial charge in [0.25, 0.3) is 5.56 Å². The van der Waals surface area contributed by atoms with E-state index >= 15 is 8.78 Å². The molecule has 2 fully saturated rings. The fourth-order valence-corrected chi connectivity index (χ4v) is 7.54. The number of fused-ring (bicyclic) bond motifs is 5. The number of phosphoric acid groups is 1. The minimum absolute atomic E-state index is 0.0280. The number of anilines is 1. The van der Waals surface area contributed by atoms with Gasteiger partial charge >= 0.3 is 13.8 Å². The zero-order valence-electron chi connectivity index (χ0n) is 24.6. The van der Waals surface area contributed by atoms with Gasteiger partial charge in [-0.05, 0) is 50.7 Å². The minimum atomic E-state index is -5.06. The highest BCUT2D eigenvalue weighted by molar-refractivity contribution is 7.46. The topological polar surface area (TPSA) is 173 Å². The van der Waals surface area contributed by atoms with Gasteiger partial charge in [-0.1, -0.05) is 6.07 Å². The summed E-state index contributed by atoms with van der Waals surface area (Å²) in [7, 11) is -1.68. The summed E-state index contributed by atoms with van der Waals surface area (Å²) >= 11 is 0. The van der Waals surface area contributed by atoms with E-state index in [0.717, 1.165) is 25.6 Å². The second-order valence-corrected chi connectivity index (χ2v) is 12.9.